The van der Waals surface area contributed by atoms with Crippen molar-refractivity contribution in [3.63, 3.8) is 0 Å². The van der Waals surface area contributed by atoms with Gasteiger partial charge in [-0.1, -0.05) is 30.3 Å². The minimum absolute atomic E-state index is 0.00642. The molecule has 110 valence electrons. The van der Waals surface area contributed by atoms with E-state index in [-0.39, 0.29) is 18.3 Å². The fraction of sp³-hybridized carbons (Fsp3) is 0.188. The van der Waals surface area contributed by atoms with E-state index in [1.807, 2.05) is 30.3 Å². The number of amides is 1. The summed E-state index contributed by atoms with van der Waals surface area (Å²) in [5.41, 5.74) is 0.245. The molecule has 2 rings (SSSR count). The van der Waals surface area contributed by atoms with Crippen LogP contribution in [-0.2, 0) is 5.54 Å². The van der Waals surface area contributed by atoms with Gasteiger partial charge in [-0.05, 0) is 46.6 Å². The SMILES string of the molecule is CC(CO)(NC(=O)c1ccc(Br)c(O)c1)c1ccccc1. The van der Waals surface area contributed by atoms with Crippen LogP contribution in [0.3, 0.4) is 0 Å². The van der Waals surface area contributed by atoms with Crippen molar-refractivity contribution >= 4 is 21.8 Å². The topological polar surface area (TPSA) is 69.6 Å². The van der Waals surface area contributed by atoms with E-state index < -0.39 is 5.54 Å². The Labute approximate surface area is 131 Å². The van der Waals surface area contributed by atoms with E-state index in [1.165, 1.54) is 6.07 Å². The van der Waals surface area contributed by atoms with Crippen molar-refractivity contribution in [1.29, 1.82) is 0 Å². The van der Waals surface area contributed by atoms with Crippen LogP contribution >= 0.6 is 15.9 Å². The Morgan fingerprint density at radius 2 is 1.90 bits per heavy atom. The van der Waals surface area contributed by atoms with Gasteiger partial charge in [0.05, 0.1) is 16.6 Å². The van der Waals surface area contributed by atoms with Gasteiger partial charge in [0, 0.05) is 5.56 Å². The molecule has 0 aliphatic rings. The van der Waals surface area contributed by atoms with E-state index in [2.05, 4.69) is 21.2 Å². The van der Waals surface area contributed by atoms with Crippen LogP contribution in [0.25, 0.3) is 0 Å². The van der Waals surface area contributed by atoms with Gasteiger partial charge in [-0.3, -0.25) is 4.79 Å². The number of aromatic hydroxyl groups is 1. The minimum Gasteiger partial charge on any atom is -0.507 e. The Morgan fingerprint density at radius 3 is 2.48 bits per heavy atom. The molecular formula is C16H16BrNO3. The summed E-state index contributed by atoms with van der Waals surface area (Å²) < 4.78 is 0.520. The lowest BCUT2D eigenvalue weighted by Gasteiger charge is -2.29. The lowest BCUT2D eigenvalue weighted by Crippen LogP contribution is -2.46. The van der Waals surface area contributed by atoms with Crippen LogP contribution in [0.4, 0.5) is 0 Å². The highest BCUT2D eigenvalue weighted by Crippen LogP contribution is 2.25. The third kappa shape index (κ3) is 3.43. The molecule has 2 aromatic carbocycles. The molecule has 0 heterocycles. The molecule has 1 atom stereocenters. The van der Waals surface area contributed by atoms with Crippen molar-refractivity contribution in [1.82, 2.24) is 5.32 Å². The Bertz CT molecular complexity index is 645. The molecule has 1 amide bonds. The summed E-state index contributed by atoms with van der Waals surface area (Å²) in [7, 11) is 0. The zero-order chi connectivity index (χ0) is 15.5. The Morgan fingerprint density at radius 1 is 1.24 bits per heavy atom. The lowest BCUT2D eigenvalue weighted by atomic mass is 9.92. The van der Waals surface area contributed by atoms with Gasteiger partial charge in [-0.25, -0.2) is 0 Å². The van der Waals surface area contributed by atoms with Crippen molar-refractivity contribution in [2.24, 2.45) is 0 Å². The first-order chi connectivity index (χ1) is 9.96. The van der Waals surface area contributed by atoms with E-state index >= 15 is 0 Å². The maximum atomic E-state index is 12.3. The van der Waals surface area contributed by atoms with Crippen LogP contribution in [0.1, 0.15) is 22.8 Å². The first-order valence-electron chi connectivity index (χ1n) is 6.44. The first kappa shape index (κ1) is 15.5. The fourth-order valence-electron chi connectivity index (χ4n) is 1.99. The van der Waals surface area contributed by atoms with Crippen molar-refractivity contribution in [2.45, 2.75) is 12.5 Å². The molecule has 21 heavy (non-hydrogen) atoms. The Balaban J connectivity index is 2.26. The standard InChI is InChI=1S/C16H16BrNO3/c1-16(10-19,12-5-3-2-4-6-12)18-15(21)11-7-8-13(17)14(20)9-11/h2-9,19-20H,10H2,1H3,(H,18,21). The van der Waals surface area contributed by atoms with Crippen molar-refractivity contribution in [3.05, 3.63) is 64.1 Å². The molecule has 1 unspecified atom stereocenters. The maximum absolute atomic E-state index is 12.3. The number of aliphatic hydroxyl groups excluding tert-OH is 1. The highest BCUT2D eigenvalue weighted by molar-refractivity contribution is 9.10. The number of benzene rings is 2. The Hall–Kier alpha value is -1.85. The summed E-state index contributed by atoms with van der Waals surface area (Å²) in [5.74, 6) is -0.369. The number of hydrogen-bond acceptors (Lipinski definition) is 3. The molecule has 0 saturated heterocycles. The molecule has 5 heteroatoms. The second-order valence-electron chi connectivity index (χ2n) is 4.98. The lowest BCUT2D eigenvalue weighted by molar-refractivity contribution is 0.0849. The number of hydrogen-bond donors (Lipinski definition) is 3. The maximum Gasteiger partial charge on any atom is 0.252 e. The highest BCUT2D eigenvalue weighted by atomic mass is 79.9. The summed E-state index contributed by atoms with van der Waals surface area (Å²) >= 11 is 3.17. The molecule has 2 aromatic rings. The van der Waals surface area contributed by atoms with Crippen LogP contribution in [0.15, 0.2) is 53.0 Å². The van der Waals surface area contributed by atoms with Gasteiger partial charge < -0.3 is 15.5 Å². The molecule has 0 fully saturated rings. The molecule has 0 aliphatic carbocycles. The van der Waals surface area contributed by atoms with Gasteiger partial charge in [-0.2, -0.15) is 0 Å². The monoisotopic (exact) mass is 349 g/mol. The number of halogens is 1. The number of rotatable bonds is 4. The number of aliphatic hydroxyl groups is 1. The minimum atomic E-state index is -0.888. The summed E-state index contributed by atoms with van der Waals surface area (Å²) in [6.45, 7) is 1.52. The molecule has 0 saturated carbocycles. The zero-order valence-electron chi connectivity index (χ0n) is 11.5. The average Bonchev–Trinajstić information content (AvgIpc) is 2.50. The van der Waals surface area contributed by atoms with Gasteiger partial charge in [0.2, 0.25) is 0 Å². The molecule has 0 bridgehead atoms. The normalized spacial score (nSPS) is 13.5. The summed E-state index contributed by atoms with van der Waals surface area (Å²) in [6, 6.07) is 13.8. The third-order valence-corrected chi connectivity index (χ3v) is 4.00. The smallest absolute Gasteiger partial charge is 0.252 e. The zero-order valence-corrected chi connectivity index (χ0v) is 13.1. The number of phenols is 1. The van der Waals surface area contributed by atoms with Crippen molar-refractivity contribution in [3.8, 4) is 5.75 Å². The number of nitrogens with one attached hydrogen (secondary N) is 1. The van der Waals surface area contributed by atoms with Gasteiger partial charge in [0.15, 0.2) is 0 Å². The van der Waals surface area contributed by atoms with E-state index in [4.69, 9.17) is 0 Å². The van der Waals surface area contributed by atoms with Gasteiger partial charge in [0.1, 0.15) is 5.75 Å². The second kappa shape index (κ2) is 6.28. The first-order valence-corrected chi connectivity index (χ1v) is 7.23. The largest absolute Gasteiger partial charge is 0.507 e. The van der Waals surface area contributed by atoms with E-state index in [9.17, 15) is 15.0 Å². The van der Waals surface area contributed by atoms with E-state index in [0.29, 0.717) is 10.0 Å². The van der Waals surface area contributed by atoms with Crippen molar-refractivity contribution in [2.75, 3.05) is 6.61 Å². The molecule has 0 aliphatic heterocycles. The number of carbonyl (C=O) groups excluding carboxylic acids is 1. The quantitative estimate of drug-likeness (QED) is 0.794. The third-order valence-electron chi connectivity index (χ3n) is 3.32. The predicted molar refractivity (Wildman–Crippen MR) is 84.2 cm³/mol. The molecule has 0 radical (unpaired) electrons. The van der Waals surface area contributed by atoms with E-state index in [0.717, 1.165) is 5.56 Å². The Kier molecular flexibility index (Phi) is 4.65. The number of phenolic OH excluding ortho intramolecular Hbond substituents is 1. The molecule has 0 spiro atoms. The van der Waals surface area contributed by atoms with Crippen LogP contribution in [0.2, 0.25) is 0 Å². The summed E-state index contributed by atoms with van der Waals surface area (Å²) in [5, 5.41) is 22.1. The number of carbonyl (C=O) groups is 1. The summed E-state index contributed by atoms with van der Waals surface area (Å²) in [6.07, 6.45) is 0. The molecule has 0 aromatic heterocycles. The van der Waals surface area contributed by atoms with Crippen LogP contribution in [-0.4, -0.2) is 22.7 Å². The van der Waals surface area contributed by atoms with Crippen LogP contribution < -0.4 is 5.32 Å². The van der Waals surface area contributed by atoms with Crippen LogP contribution in [0.5, 0.6) is 5.75 Å². The van der Waals surface area contributed by atoms with Gasteiger partial charge >= 0.3 is 0 Å². The molecule has 4 nitrogen and oxygen atoms in total. The molecule has 3 N–H and O–H groups in total. The average molecular weight is 350 g/mol. The van der Waals surface area contributed by atoms with Gasteiger partial charge in [0.25, 0.3) is 5.91 Å². The summed E-state index contributed by atoms with van der Waals surface area (Å²) in [4.78, 5) is 12.3. The van der Waals surface area contributed by atoms with E-state index in [1.54, 1.807) is 19.1 Å². The molecular weight excluding hydrogens is 334 g/mol. The van der Waals surface area contributed by atoms with Gasteiger partial charge in [-0.15, -0.1) is 0 Å². The van der Waals surface area contributed by atoms with Crippen LogP contribution in [0, 0.1) is 0 Å². The van der Waals surface area contributed by atoms with Crippen molar-refractivity contribution < 1.29 is 15.0 Å². The predicted octanol–water partition coefficient (Wildman–Crippen LogP) is 2.79. The second-order valence-corrected chi connectivity index (χ2v) is 5.83. The highest BCUT2D eigenvalue weighted by Gasteiger charge is 2.28. The fourth-order valence-corrected chi connectivity index (χ4v) is 2.23.